The van der Waals surface area contributed by atoms with Gasteiger partial charge in [0.25, 0.3) is 0 Å². The van der Waals surface area contributed by atoms with Crippen molar-refractivity contribution < 1.29 is 14.3 Å². The lowest BCUT2D eigenvalue weighted by atomic mass is 9.93. The Morgan fingerprint density at radius 1 is 1.32 bits per heavy atom. The Bertz CT molecular complexity index is 488. The fraction of sp³-hybridized carbons (Fsp3) is 0.647. The van der Waals surface area contributed by atoms with Crippen LogP contribution in [-0.2, 0) is 16.1 Å². The molecule has 1 fully saturated rings. The van der Waals surface area contributed by atoms with Gasteiger partial charge in [-0.15, -0.1) is 0 Å². The molecule has 0 unspecified atom stereocenters. The molecule has 1 amide bonds. The molecule has 0 aromatic carbocycles. The Balaban J connectivity index is 1.81. The number of hydrogen-bond acceptors (Lipinski definition) is 4. The fourth-order valence-electron chi connectivity index (χ4n) is 2.36. The number of ether oxygens (including phenoxy) is 2. The minimum Gasteiger partial charge on any atom is -0.444 e. The summed E-state index contributed by atoms with van der Waals surface area (Å²) in [7, 11) is 0. The third kappa shape index (κ3) is 4.98. The first-order valence-corrected chi connectivity index (χ1v) is 7.79. The monoisotopic (exact) mass is 306 g/mol. The van der Waals surface area contributed by atoms with Crippen LogP contribution in [0.1, 0.15) is 46.2 Å². The number of rotatable bonds is 3. The van der Waals surface area contributed by atoms with E-state index in [0.29, 0.717) is 19.7 Å². The number of piperidine rings is 1. The van der Waals surface area contributed by atoms with Crippen LogP contribution in [0.2, 0.25) is 0 Å². The molecule has 5 heteroatoms. The SMILES string of the molecule is CC(C)(C)OC(=O)N1CCC(C)(OCc2ccccn2)CC1. The zero-order valence-electron chi connectivity index (χ0n) is 14.0. The maximum absolute atomic E-state index is 12.1. The summed E-state index contributed by atoms with van der Waals surface area (Å²) in [6.07, 6.45) is 3.14. The second-order valence-electron chi connectivity index (χ2n) is 7.03. The standard InChI is InChI=1S/C17H26N2O3/c1-16(2,3)22-15(20)19-11-8-17(4,9-12-19)21-13-14-7-5-6-10-18-14/h5-7,10H,8-9,11-13H2,1-4H3. The average Bonchev–Trinajstić information content (AvgIpc) is 2.45. The topological polar surface area (TPSA) is 51.7 Å². The fourth-order valence-corrected chi connectivity index (χ4v) is 2.36. The van der Waals surface area contributed by atoms with Gasteiger partial charge in [-0.25, -0.2) is 4.79 Å². The predicted octanol–water partition coefficient (Wildman–Crippen LogP) is 3.39. The van der Waals surface area contributed by atoms with Gasteiger partial charge in [0.2, 0.25) is 0 Å². The highest BCUT2D eigenvalue weighted by Crippen LogP contribution is 2.27. The van der Waals surface area contributed by atoms with Gasteiger partial charge in [-0.3, -0.25) is 4.98 Å². The minimum absolute atomic E-state index is 0.212. The van der Waals surface area contributed by atoms with Crippen LogP contribution in [0.5, 0.6) is 0 Å². The van der Waals surface area contributed by atoms with E-state index in [1.54, 1.807) is 11.1 Å². The van der Waals surface area contributed by atoms with Crippen molar-refractivity contribution in [2.45, 2.75) is 58.3 Å². The molecule has 122 valence electrons. The molecule has 0 saturated carbocycles. The Labute approximate surface area is 132 Å². The maximum atomic E-state index is 12.1. The number of carbonyl (C=O) groups excluding carboxylic acids is 1. The van der Waals surface area contributed by atoms with Crippen LogP contribution in [0.25, 0.3) is 0 Å². The molecular formula is C17H26N2O3. The molecular weight excluding hydrogens is 280 g/mol. The van der Waals surface area contributed by atoms with E-state index in [2.05, 4.69) is 11.9 Å². The number of likely N-dealkylation sites (tertiary alicyclic amines) is 1. The second-order valence-corrected chi connectivity index (χ2v) is 7.03. The van der Waals surface area contributed by atoms with Crippen LogP contribution in [0.15, 0.2) is 24.4 Å². The van der Waals surface area contributed by atoms with Crippen LogP contribution < -0.4 is 0 Å². The van der Waals surface area contributed by atoms with Gasteiger partial charge in [0, 0.05) is 19.3 Å². The number of amides is 1. The van der Waals surface area contributed by atoms with Crippen LogP contribution in [-0.4, -0.2) is 40.3 Å². The van der Waals surface area contributed by atoms with E-state index in [0.717, 1.165) is 18.5 Å². The number of pyridine rings is 1. The molecule has 2 heterocycles. The minimum atomic E-state index is -0.451. The van der Waals surface area contributed by atoms with Gasteiger partial charge in [0.15, 0.2) is 0 Å². The van der Waals surface area contributed by atoms with E-state index in [1.807, 2.05) is 39.0 Å². The molecule has 0 radical (unpaired) electrons. The molecule has 0 aliphatic carbocycles. The van der Waals surface area contributed by atoms with Crippen molar-refractivity contribution in [2.75, 3.05) is 13.1 Å². The van der Waals surface area contributed by atoms with E-state index < -0.39 is 5.60 Å². The van der Waals surface area contributed by atoms with Crippen LogP contribution >= 0.6 is 0 Å². The smallest absolute Gasteiger partial charge is 0.410 e. The van der Waals surface area contributed by atoms with Crippen molar-refractivity contribution in [3.8, 4) is 0 Å². The zero-order valence-corrected chi connectivity index (χ0v) is 14.0. The molecule has 2 rings (SSSR count). The summed E-state index contributed by atoms with van der Waals surface area (Å²) in [4.78, 5) is 18.1. The van der Waals surface area contributed by atoms with Gasteiger partial charge >= 0.3 is 6.09 Å². The van der Waals surface area contributed by atoms with Gasteiger partial charge in [0.05, 0.1) is 17.9 Å². The first-order chi connectivity index (χ1) is 10.3. The van der Waals surface area contributed by atoms with Crippen LogP contribution in [0, 0.1) is 0 Å². The first-order valence-electron chi connectivity index (χ1n) is 7.79. The van der Waals surface area contributed by atoms with Gasteiger partial charge in [0.1, 0.15) is 5.60 Å². The van der Waals surface area contributed by atoms with Gasteiger partial charge in [-0.1, -0.05) is 6.07 Å². The third-order valence-electron chi connectivity index (χ3n) is 3.77. The lowest BCUT2D eigenvalue weighted by Crippen LogP contribution is -2.47. The summed E-state index contributed by atoms with van der Waals surface area (Å²) in [5.41, 5.74) is 0.266. The molecule has 1 aliphatic heterocycles. The van der Waals surface area contributed by atoms with E-state index in [9.17, 15) is 4.79 Å². The van der Waals surface area contributed by atoms with Crippen LogP contribution in [0.3, 0.4) is 0 Å². The van der Waals surface area contributed by atoms with Crippen molar-refractivity contribution in [1.29, 1.82) is 0 Å². The summed E-state index contributed by atoms with van der Waals surface area (Å²) in [5, 5.41) is 0. The Hall–Kier alpha value is -1.62. The molecule has 0 bridgehead atoms. The Kier molecular flexibility index (Phi) is 5.06. The average molecular weight is 306 g/mol. The van der Waals surface area contributed by atoms with Crippen molar-refractivity contribution in [3.63, 3.8) is 0 Å². The van der Waals surface area contributed by atoms with Crippen molar-refractivity contribution in [3.05, 3.63) is 30.1 Å². The number of nitrogens with zero attached hydrogens (tertiary/aromatic N) is 2. The lowest BCUT2D eigenvalue weighted by Gasteiger charge is -2.39. The van der Waals surface area contributed by atoms with Crippen molar-refractivity contribution in [2.24, 2.45) is 0 Å². The second kappa shape index (κ2) is 6.65. The molecule has 1 saturated heterocycles. The van der Waals surface area contributed by atoms with E-state index in [-0.39, 0.29) is 11.7 Å². The Morgan fingerprint density at radius 3 is 2.55 bits per heavy atom. The van der Waals surface area contributed by atoms with Gasteiger partial charge in [-0.05, 0) is 52.7 Å². The number of carbonyl (C=O) groups is 1. The zero-order chi connectivity index (χ0) is 16.2. The summed E-state index contributed by atoms with van der Waals surface area (Å²) in [6.45, 7) is 9.58. The lowest BCUT2D eigenvalue weighted by molar-refractivity contribution is -0.0821. The molecule has 22 heavy (non-hydrogen) atoms. The van der Waals surface area contributed by atoms with Crippen LogP contribution in [0.4, 0.5) is 4.79 Å². The molecule has 5 nitrogen and oxygen atoms in total. The summed E-state index contributed by atoms with van der Waals surface area (Å²) in [6, 6.07) is 5.81. The largest absolute Gasteiger partial charge is 0.444 e. The third-order valence-corrected chi connectivity index (χ3v) is 3.77. The quantitative estimate of drug-likeness (QED) is 0.859. The summed E-state index contributed by atoms with van der Waals surface area (Å²) in [5.74, 6) is 0. The van der Waals surface area contributed by atoms with E-state index in [4.69, 9.17) is 9.47 Å². The predicted molar refractivity (Wildman–Crippen MR) is 84.5 cm³/mol. The summed E-state index contributed by atoms with van der Waals surface area (Å²) < 4.78 is 11.5. The highest BCUT2D eigenvalue weighted by atomic mass is 16.6. The van der Waals surface area contributed by atoms with Crippen molar-refractivity contribution >= 4 is 6.09 Å². The Morgan fingerprint density at radius 2 is 2.00 bits per heavy atom. The highest BCUT2D eigenvalue weighted by molar-refractivity contribution is 5.68. The normalized spacial score (nSPS) is 18.1. The molecule has 0 spiro atoms. The molecule has 1 aliphatic rings. The van der Waals surface area contributed by atoms with Crippen molar-refractivity contribution in [1.82, 2.24) is 9.88 Å². The number of hydrogen-bond donors (Lipinski definition) is 0. The molecule has 0 atom stereocenters. The van der Waals surface area contributed by atoms with E-state index >= 15 is 0 Å². The van der Waals surface area contributed by atoms with Gasteiger partial charge in [-0.2, -0.15) is 0 Å². The number of aromatic nitrogens is 1. The summed E-state index contributed by atoms with van der Waals surface area (Å²) >= 11 is 0. The first kappa shape index (κ1) is 16.7. The molecule has 0 N–H and O–H groups in total. The highest BCUT2D eigenvalue weighted by Gasteiger charge is 2.34. The molecule has 1 aromatic rings. The van der Waals surface area contributed by atoms with E-state index in [1.165, 1.54) is 0 Å². The molecule has 1 aromatic heterocycles. The van der Waals surface area contributed by atoms with Gasteiger partial charge < -0.3 is 14.4 Å². The maximum Gasteiger partial charge on any atom is 0.410 e.